The highest BCUT2D eigenvalue weighted by molar-refractivity contribution is 6.31. The number of hydrogen-bond donors (Lipinski definition) is 3. The quantitative estimate of drug-likeness (QED) is 0.123. The standard InChI is InChI=1S/C30H33Cl2FN4O6/c1-17(2)15-36-24-11-10-21(32)13-23(24)35-29(39)27(22(33)7-5-6-18(3)31)28(26(36)16-38)34-14-20-9-8-19(30(40)43-4)12-25(20)37(41)42/h5-13,17,26-28,34,38H,3,14-16H2,1-2,4H3,(H,35,39)/b6-5-,22-7-/t26-,27-,28+/m1/s1. The molecule has 3 rings (SSSR count). The number of benzene rings is 2. The van der Waals surface area contributed by atoms with Crippen LogP contribution in [-0.4, -0.2) is 54.3 Å². The van der Waals surface area contributed by atoms with Gasteiger partial charge in [0.1, 0.15) is 11.7 Å². The van der Waals surface area contributed by atoms with Crippen LogP contribution in [0.15, 0.2) is 72.1 Å². The largest absolute Gasteiger partial charge is 0.465 e. The van der Waals surface area contributed by atoms with Crippen LogP contribution in [0.2, 0.25) is 5.02 Å². The smallest absolute Gasteiger partial charge is 0.338 e. The molecule has 10 nitrogen and oxygen atoms in total. The van der Waals surface area contributed by atoms with Gasteiger partial charge in [-0.3, -0.25) is 14.9 Å². The predicted octanol–water partition coefficient (Wildman–Crippen LogP) is 5.75. The van der Waals surface area contributed by atoms with Crippen molar-refractivity contribution in [3.05, 3.63) is 98.3 Å². The number of nitro benzene ring substituents is 1. The molecule has 0 radical (unpaired) electrons. The number of carbonyl (C=O) groups is 2. The van der Waals surface area contributed by atoms with Crippen molar-refractivity contribution in [1.82, 2.24) is 5.32 Å². The van der Waals surface area contributed by atoms with Crippen molar-refractivity contribution in [2.24, 2.45) is 11.8 Å². The molecule has 0 aliphatic carbocycles. The Hall–Kier alpha value is -3.77. The second-order valence-corrected chi connectivity index (χ2v) is 11.2. The highest BCUT2D eigenvalue weighted by atomic mass is 35.5. The minimum atomic E-state index is -1.50. The van der Waals surface area contributed by atoms with Crippen LogP contribution in [0.4, 0.5) is 21.5 Å². The maximum Gasteiger partial charge on any atom is 0.338 e. The molecule has 1 heterocycles. The molecule has 3 atom stereocenters. The molecule has 0 bridgehead atoms. The third kappa shape index (κ3) is 8.41. The number of ether oxygens (including phenoxy) is 1. The number of fused-ring (bicyclic) bond motifs is 1. The molecule has 2 aromatic rings. The first-order valence-electron chi connectivity index (χ1n) is 13.3. The molecule has 0 fully saturated rings. The van der Waals surface area contributed by atoms with E-state index in [4.69, 9.17) is 23.2 Å². The SMILES string of the molecule is C=C(Cl)/C=C\C=C(/F)[C@H]1C(=O)Nc2cc(Cl)ccc2N(CC(C)C)[C@H](CO)[C@@H]1NCc1ccc(C(=O)OC)cc1[N+](=O)[O-]. The van der Waals surface area contributed by atoms with E-state index in [1.807, 2.05) is 18.7 Å². The van der Waals surface area contributed by atoms with Crippen LogP contribution in [0.3, 0.4) is 0 Å². The highest BCUT2D eigenvalue weighted by Gasteiger charge is 2.42. The summed E-state index contributed by atoms with van der Waals surface area (Å²) in [5, 5.41) is 29.0. The van der Waals surface area contributed by atoms with E-state index in [-0.39, 0.29) is 34.3 Å². The maximum atomic E-state index is 16.0. The fourth-order valence-corrected chi connectivity index (χ4v) is 5.17. The van der Waals surface area contributed by atoms with Crippen LogP contribution in [0.5, 0.6) is 0 Å². The first kappa shape index (κ1) is 33.7. The van der Waals surface area contributed by atoms with Crippen molar-refractivity contribution < 1.29 is 28.7 Å². The Morgan fingerprint density at radius 1 is 1.33 bits per heavy atom. The molecule has 0 unspecified atom stereocenters. The van der Waals surface area contributed by atoms with Crippen molar-refractivity contribution in [2.75, 3.05) is 30.5 Å². The average Bonchev–Trinajstić information content (AvgIpc) is 2.94. The number of aliphatic hydroxyl groups is 1. The van der Waals surface area contributed by atoms with Crippen LogP contribution < -0.4 is 15.5 Å². The van der Waals surface area contributed by atoms with Crippen LogP contribution in [0.25, 0.3) is 0 Å². The number of esters is 1. The van der Waals surface area contributed by atoms with Gasteiger partial charge >= 0.3 is 5.97 Å². The summed E-state index contributed by atoms with van der Waals surface area (Å²) < 4.78 is 20.6. The Bertz CT molecular complexity index is 1450. The summed E-state index contributed by atoms with van der Waals surface area (Å²) in [5.41, 5.74) is 0.676. The second-order valence-electron chi connectivity index (χ2n) is 10.3. The topological polar surface area (TPSA) is 134 Å². The molecule has 0 saturated heterocycles. The van der Waals surface area contributed by atoms with Crippen molar-refractivity contribution in [3.8, 4) is 0 Å². The average molecular weight is 636 g/mol. The summed E-state index contributed by atoms with van der Waals surface area (Å²) in [6.07, 6.45) is 3.72. The third-order valence-corrected chi connectivity index (χ3v) is 7.15. The Balaban J connectivity index is 2.17. The van der Waals surface area contributed by atoms with Crippen molar-refractivity contribution >= 4 is 52.1 Å². The lowest BCUT2D eigenvalue weighted by atomic mass is 9.87. The van der Waals surface area contributed by atoms with E-state index < -0.39 is 47.2 Å². The molecular weight excluding hydrogens is 602 g/mol. The van der Waals surface area contributed by atoms with E-state index in [0.29, 0.717) is 22.9 Å². The zero-order chi connectivity index (χ0) is 31.8. The van der Waals surface area contributed by atoms with E-state index in [2.05, 4.69) is 21.9 Å². The molecular formula is C30H33Cl2FN4O6. The van der Waals surface area contributed by atoms with Crippen molar-refractivity contribution in [3.63, 3.8) is 0 Å². The van der Waals surface area contributed by atoms with Crippen LogP contribution in [-0.2, 0) is 16.1 Å². The Labute approximate surface area is 258 Å². The van der Waals surface area contributed by atoms with Gasteiger partial charge in [0.25, 0.3) is 5.69 Å². The maximum absolute atomic E-state index is 16.0. The van der Waals surface area contributed by atoms with Gasteiger partial charge in [-0.15, -0.1) is 0 Å². The molecule has 43 heavy (non-hydrogen) atoms. The first-order valence-corrected chi connectivity index (χ1v) is 14.1. The number of amides is 1. The minimum absolute atomic E-state index is 0.0191. The summed E-state index contributed by atoms with van der Waals surface area (Å²) in [4.78, 5) is 38.8. The number of carbonyl (C=O) groups excluding carboxylic acids is 2. The van der Waals surface area contributed by atoms with Crippen LogP contribution in [0.1, 0.15) is 29.8 Å². The lowest BCUT2D eigenvalue weighted by Crippen LogP contribution is -2.59. The van der Waals surface area contributed by atoms with Gasteiger partial charge in [0.2, 0.25) is 5.91 Å². The molecule has 0 aromatic heterocycles. The van der Waals surface area contributed by atoms with Gasteiger partial charge in [-0.05, 0) is 42.3 Å². The number of allylic oxidation sites excluding steroid dienone is 4. The van der Waals surface area contributed by atoms with Gasteiger partial charge in [0.15, 0.2) is 0 Å². The third-order valence-electron chi connectivity index (χ3n) is 6.79. The molecule has 1 aliphatic rings. The van der Waals surface area contributed by atoms with E-state index >= 15 is 4.39 Å². The van der Waals surface area contributed by atoms with Gasteiger partial charge in [-0.2, -0.15) is 0 Å². The number of methoxy groups -OCH3 is 1. The molecule has 3 N–H and O–H groups in total. The number of rotatable bonds is 11. The van der Waals surface area contributed by atoms with E-state index in [1.54, 1.807) is 18.2 Å². The van der Waals surface area contributed by atoms with Gasteiger partial charge in [0, 0.05) is 40.8 Å². The monoisotopic (exact) mass is 634 g/mol. The number of hydrogen-bond acceptors (Lipinski definition) is 8. The molecule has 1 amide bonds. The Kier molecular flexibility index (Phi) is 11.8. The van der Waals surface area contributed by atoms with Crippen LogP contribution in [0, 0.1) is 22.0 Å². The summed E-state index contributed by atoms with van der Waals surface area (Å²) in [6, 6.07) is 6.76. The second kappa shape index (κ2) is 15.1. The molecule has 2 aromatic carbocycles. The number of aliphatic hydroxyl groups excluding tert-OH is 1. The van der Waals surface area contributed by atoms with Gasteiger partial charge in [-0.1, -0.05) is 55.8 Å². The molecule has 0 saturated carbocycles. The molecule has 0 spiro atoms. The molecule has 230 valence electrons. The number of halogens is 3. The lowest BCUT2D eigenvalue weighted by molar-refractivity contribution is -0.385. The van der Waals surface area contributed by atoms with E-state index in [0.717, 1.165) is 19.3 Å². The van der Waals surface area contributed by atoms with Gasteiger partial charge in [-0.25, -0.2) is 9.18 Å². The predicted molar refractivity (Wildman–Crippen MR) is 165 cm³/mol. The Morgan fingerprint density at radius 3 is 2.65 bits per heavy atom. The van der Waals surface area contributed by atoms with E-state index in [1.165, 1.54) is 24.3 Å². The number of nitro groups is 1. The van der Waals surface area contributed by atoms with Gasteiger partial charge in [0.05, 0.1) is 41.6 Å². The fraction of sp³-hybridized carbons (Fsp3) is 0.333. The number of nitrogens with zero attached hydrogens (tertiary/aromatic N) is 2. The number of anilines is 2. The zero-order valence-corrected chi connectivity index (χ0v) is 25.4. The normalized spacial score (nSPS) is 19.1. The molecule has 1 aliphatic heterocycles. The summed E-state index contributed by atoms with van der Waals surface area (Å²) >= 11 is 12.0. The summed E-state index contributed by atoms with van der Waals surface area (Å²) in [6.45, 7) is 7.17. The zero-order valence-electron chi connectivity index (χ0n) is 23.9. The fourth-order valence-electron chi connectivity index (χ4n) is 4.92. The van der Waals surface area contributed by atoms with Crippen molar-refractivity contribution in [1.29, 1.82) is 0 Å². The minimum Gasteiger partial charge on any atom is -0.465 e. The first-order chi connectivity index (χ1) is 20.4. The lowest BCUT2D eigenvalue weighted by Gasteiger charge is -2.44. The molecule has 13 heteroatoms. The number of nitrogens with one attached hydrogen (secondary N) is 2. The Morgan fingerprint density at radius 2 is 2.05 bits per heavy atom. The summed E-state index contributed by atoms with van der Waals surface area (Å²) in [7, 11) is 1.16. The highest BCUT2D eigenvalue weighted by Crippen LogP contribution is 2.37. The summed E-state index contributed by atoms with van der Waals surface area (Å²) in [5.74, 6) is -3.75. The van der Waals surface area contributed by atoms with E-state index in [9.17, 15) is 24.8 Å². The van der Waals surface area contributed by atoms with Crippen molar-refractivity contribution in [2.45, 2.75) is 32.5 Å². The van der Waals surface area contributed by atoms with Gasteiger partial charge < -0.3 is 25.4 Å². The van der Waals surface area contributed by atoms with Crippen LogP contribution >= 0.6 is 23.2 Å².